The monoisotopic (exact) mass is 276 g/mol. The molecule has 15 heavy (non-hydrogen) atoms. The molecule has 0 bridgehead atoms. The van der Waals surface area contributed by atoms with Crippen LogP contribution in [0.3, 0.4) is 0 Å². The van der Waals surface area contributed by atoms with Crippen LogP contribution in [0, 0.1) is 0 Å². The van der Waals surface area contributed by atoms with E-state index in [4.69, 9.17) is 0 Å². The summed E-state index contributed by atoms with van der Waals surface area (Å²) in [6.45, 7) is 8.45. The lowest BCUT2D eigenvalue weighted by molar-refractivity contribution is 0.0592. The first-order valence-electron chi connectivity index (χ1n) is 6.15. The Morgan fingerprint density at radius 2 is 1.67 bits per heavy atom. The number of halogens is 1. The standard InChI is InChI=1S/C12H25BrN2/c1-11-9-15(8-6-4-5-7-13)10-12(2)14(11)3/h11-12H,4-10H2,1-3H3. The largest absolute Gasteiger partial charge is 0.300 e. The van der Waals surface area contributed by atoms with Gasteiger partial charge in [-0.2, -0.15) is 0 Å². The van der Waals surface area contributed by atoms with Crippen LogP contribution < -0.4 is 0 Å². The fourth-order valence-electron chi connectivity index (χ4n) is 2.30. The molecule has 0 aromatic rings. The molecule has 1 aliphatic heterocycles. The molecule has 1 fully saturated rings. The summed E-state index contributed by atoms with van der Waals surface area (Å²) >= 11 is 3.48. The van der Waals surface area contributed by atoms with Crippen molar-refractivity contribution in [1.29, 1.82) is 0 Å². The van der Waals surface area contributed by atoms with Crippen molar-refractivity contribution in [2.75, 3.05) is 32.0 Å². The summed E-state index contributed by atoms with van der Waals surface area (Å²) in [5.74, 6) is 0. The van der Waals surface area contributed by atoms with Crippen molar-refractivity contribution in [1.82, 2.24) is 9.80 Å². The van der Waals surface area contributed by atoms with E-state index >= 15 is 0 Å². The van der Waals surface area contributed by atoms with Crippen LogP contribution in [-0.4, -0.2) is 53.9 Å². The summed E-state index contributed by atoms with van der Waals surface area (Å²) < 4.78 is 0. The zero-order chi connectivity index (χ0) is 11.3. The van der Waals surface area contributed by atoms with Gasteiger partial charge in [0.15, 0.2) is 0 Å². The third-order valence-corrected chi connectivity index (χ3v) is 4.10. The van der Waals surface area contributed by atoms with Crippen LogP contribution in [-0.2, 0) is 0 Å². The van der Waals surface area contributed by atoms with Gasteiger partial charge >= 0.3 is 0 Å². The van der Waals surface area contributed by atoms with Crippen molar-refractivity contribution < 1.29 is 0 Å². The summed E-state index contributed by atoms with van der Waals surface area (Å²) in [6.07, 6.45) is 4.04. The minimum Gasteiger partial charge on any atom is -0.300 e. The Morgan fingerprint density at radius 3 is 2.20 bits per heavy atom. The Bertz CT molecular complexity index is 163. The third kappa shape index (κ3) is 4.41. The lowest BCUT2D eigenvalue weighted by Gasteiger charge is -2.42. The molecule has 2 atom stereocenters. The lowest BCUT2D eigenvalue weighted by atomic mass is 10.1. The molecule has 0 aromatic carbocycles. The maximum absolute atomic E-state index is 3.48. The van der Waals surface area contributed by atoms with Gasteiger partial charge in [-0.15, -0.1) is 0 Å². The highest BCUT2D eigenvalue weighted by Crippen LogP contribution is 2.14. The molecule has 0 spiro atoms. The molecule has 3 heteroatoms. The Hall–Kier alpha value is 0.400. The summed E-state index contributed by atoms with van der Waals surface area (Å²) in [5.41, 5.74) is 0. The number of nitrogens with zero attached hydrogens (tertiary/aromatic N) is 2. The Kier molecular flexibility index (Phi) is 6.17. The summed E-state index contributed by atoms with van der Waals surface area (Å²) in [6, 6.07) is 1.43. The van der Waals surface area contributed by atoms with Crippen molar-refractivity contribution in [2.24, 2.45) is 0 Å². The van der Waals surface area contributed by atoms with Crippen LogP contribution in [0.5, 0.6) is 0 Å². The first kappa shape index (κ1) is 13.5. The second kappa shape index (κ2) is 6.87. The maximum atomic E-state index is 3.48. The van der Waals surface area contributed by atoms with E-state index in [2.05, 4.69) is 46.6 Å². The molecule has 0 saturated carbocycles. The van der Waals surface area contributed by atoms with Gasteiger partial charge in [0.05, 0.1) is 0 Å². The molecule has 1 saturated heterocycles. The number of hydrogen-bond donors (Lipinski definition) is 0. The van der Waals surface area contributed by atoms with Crippen molar-refractivity contribution in [3.63, 3.8) is 0 Å². The number of rotatable bonds is 5. The van der Waals surface area contributed by atoms with Crippen LogP contribution >= 0.6 is 15.9 Å². The number of unbranched alkanes of at least 4 members (excludes halogenated alkanes) is 2. The van der Waals surface area contributed by atoms with Gasteiger partial charge in [0.2, 0.25) is 0 Å². The topological polar surface area (TPSA) is 6.48 Å². The van der Waals surface area contributed by atoms with E-state index < -0.39 is 0 Å². The average Bonchev–Trinajstić information content (AvgIpc) is 2.21. The molecule has 0 aromatic heterocycles. The molecule has 1 heterocycles. The van der Waals surface area contributed by atoms with Gasteiger partial charge in [-0.05, 0) is 40.3 Å². The molecule has 90 valence electrons. The molecular formula is C12H25BrN2. The van der Waals surface area contributed by atoms with Gasteiger partial charge in [-0.3, -0.25) is 4.90 Å². The van der Waals surface area contributed by atoms with E-state index in [0.29, 0.717) is 12.1 Å². The van der Waals surface area contributed by atoms with E-state index in [1.807, 2.05) is 0 Å². The molecule has 0 radical (unpaired) electrons. The summed E-state index contributed by atoms with van der Waals surface area (Å²) in [5, 5.41) is 1.16. The summed E-state index contributed by atoms with van der Waals surface area (Å²) in [4.78, 5) is 5.12. The van der Waals surface area contributed by atoms with E-state index in [0.717, 1.165) is 5.33 Å². The van der Waals surface area contributed by atoms with E-state index in [1.165, 1.54) is 38.9 Å². The van der Waals surface area contributed by atoms with Crippen LogP contribution in [0.1, 0.15) is 33.1 Å². The van der Waals surface area contributed by atoms with Crippen LogP contribution in [0.4, 0.5) is 0 Å². The predicted molar refractivity (Wildman–Crippen MR) is 70.8 cm³/mol. The van der Waals surface area contributed by atoms with Gasteiger partial charge in [0.1, 0.15) is 0 Å². The number of alkyl halides is 1. The maximum Gasteiger partial charge on any atom is 0.0195 e. The van der Waals surface area contributed by atoms with Gasteiger partial charge < -0.3 is 4.90 Å². The summed E-state index contributed by atoms with van der Waals surface area (Å²) in [7, 11) is 2.25. The smallest absolute Gasteiger partial charge is 0.0195 e. The first-order valence-corrected chi connectivity index (χ1v) is 7.27. The fourth-order valence-corrected chi connectivity index (χ4v) is 2.70. The van der Waals surface area contributed by atoms with E-state index in [1.54, 1.807) is 0 Å². The molecule has 1 aliphatic rings. The minimum absolute atomic E-state index is 0.713. The predicted octanol–water partition coefficient (Wildman–Crippen LogP) is 2.58. The Balaban J connectivity index is 2.20. The quantitative estimate of drug-likeness (QED) is 0.563. The molecule has 2 unspecified atom stereocenters. The zero-order valence-corrected chi connectivity index (χ0v) is 12.0. The molecular weight excluding hydrogens is 252 g/mol. The highest BCUT2D eigenvalue weighted by Gasteiger charge is 2.25. The zero-order valence-electron chi connectivity index (χ0n) is 10.4. The Morgan fingerprint density at radius 1 is 1.07 bits per heavy atom. The van der Waals surface area contributed by atoms with E-state index in [9.17, 15) is 0 Å². The fraction of sp³-hybridized carbons (Fsp3) is 1.00. The average molecular weight is 277 g/mol. The van der Waals surface area contributed by atoms with E-state index in [-0.39, 0.29) is 0 Å². The molecule has 1 rings (SSSR count). The minimum atomic E-state index is 0.713. The second-order valence-corrected chi connectivity index (χ2v) is 5.67. The SMILES string of the molecule is CC1CN(CCCCCBr)CC(C)N1C. The molecule has 0 aliphatic carbocycles. The number of likely N-dealkylation sites (N-methyl/N-ethyl adjacent to an activating group) is 1. The van der Waals surface area contributed by atoms with Crippen molar-refractivity contribution >= 4 is 15.9 Å². The molecule has 2 nitrogen and oxygen atoms in total. The number of piperazine rings is 1. The van der Waals surface area contributed by atoms with Crippen molar-refractivity contribution in [3.05, 3.63) is 0 Å². The van der Waals surface area contributed by atoms with Gasteiger partial charge in [-0.25, -0.2) is 0 Å². The molecule has 0 amide bonds. The highest BCUT2D eigenvalue weighted by molar-refractivity contribution is 9.09. The van der Waals surface area contributed by atoms with Crippen molar-refractivity contribution in [3.8, 4) is 0 Å². The third-order valence-electron chi connectivity index (χ3n) is 3.54. The lowest BCUT2D eigenvalue weighted by Crippen LogP contribution is -2.54. The van der Waals surface area contributed by atoms with Gasteiger partial charge in [0.25, 0.3) is 0 Å². The van der Waals surface area contributed by atoms with Crippen LogP contribution in [0.25, 0.3) is 0 Å². The second-order valence-electron chi connectivity index (χ2n) is 4.87. The number of hydrogen-bond acceptors (Lipinski definition) is 2. The van der Waals surface area contributed by atoms with Gasteiger partial charge in [0, 0.05) is 30.5 Å². The van der Waals surface area contributed by atoms with Crippen LogP contribution in [0.15, 0.2) is 0 Å². The normalized spacial score (nSPS) is 29.6. The molecule has 0 N–H and O–H groups in total. The van der Waals surface area contributed by atoms with Crippen molar-refractivity contribution in [2.45, 2.75) is 45.2 Å². The van der Waals surface area contributed by atoms with Crippen LogP contribution in [0.2, 0.25) is 0 Å². The first-order chi connectivity index (χ1) is 7.15. The Labute approximate surface area is 103 Å². The van der Waals surface area contributed by atoms with Gasteiger partial charge in [-0.1, -0.05) is 22.4 Å². The highest BCUT2D eigenvalue weighted by atomic mass is 79.9.